The highest BCUT2D eigenvalue weighted by Gasteiger charge is 2.36. The Morgan fingerprint density at radius 3 is 2.04 bits per heavy atom. The fourth-order valence-electron chi connectivity index (χ4n) is 2.95. The number of aryl methyl sites for hydroxylation is 1. The Morgan fingerprint density at radius 1 is 0.929 bits per heavy atom. The van der Waals surface area contributed by atoms with Crippen molar-refractivity contribution in [3.63, 3.8) is 0 Å². The van der Waals surface area contributed by atoms with E-state index in [0.717, 1.165) is 15.6 Å². The minimum Gasteiger partial charge on any atom is -0.292 e. The number of benzene rings is 2. The zero-order chi connectivity index (χ0) is 20.3. The van der Waals surface area contributed by atoms with Crippen LogP contribution in [0.1, 0.15) is 45.5 Å². The Bertz CT molecular complexity index is 906. The van der Waals surface area contributed by atoms with Gasteiger partial charge in [0.05, 0.1) is 0 Å². The van der Waals surface area contributed by atoms with Crippen LogP contribution in [0.25, 0.3) is 0 Å². The second kappa shape index (κ2) is 8.35. The number of nitrogens with zero attached hydrogens (tertiary/aromatic N) is 2. The molecular formula is C21H19ClN2O4. The number of imide groups is 1. The van der Waals surface area contributed by atoms with E-state index < -0.39 is 24.3 Å². The summed E-state index contributed by atoms with van der Waals surface area (Å²) in [5, 5.41) is 2.20. The van der Waals surface area contributed by atoms with E-state index >= 15 is 0 Å². The molecule has 1 aliphatic heterocycles. The summed E-state index contributed by atoms with van der Waals surface area (Å²) in [6.45, 7) is 1.48. The fourth-order valence-corrected chi connectivity index (χ4v) is 3.08. The Hall–Kier alpha value is -2.99. The van der Waals surface area contributed by atoms with Gasteiger partial charge in [0.1, 0.15) is 6.54 Å². The standard InChI is InChI=1S/C21H19ClN2O4/c1-14-5-7-15(8-6-14)18(25)13-23(24-19(26)3-2-4-20(24)27)21(28)16-9-11-17(22)12-10-16/h5-12H,2-4,13H2,1H3. The Kier molecular flexibility index (Phi) is 5.90. The molecule has 144 valence electrons. The average Bonchev–Trinajstić information content (AvgIpc) is 2.67. The van der Waals surface area contributed by atoms with Crippen molar-refractivity contribution in [2.24, 2.45) is 0 Å². The number of hydrazine groups is 1. The highest BCUT2D eigenvalue weighted by molar-refractivity contribution is 6.30. The van der Waals surface area contributed by atoms with Gasteiger partial charge in [0.15, 0.2) is 5.78 Å². The lowest BCUT2D eigenvalue weighted by atomic mass is 10.1. The molecule has 0 atom stereocenters. The van der Waals surface area contributed by atoms with Crippen molar-refractivity contribution in [3.05, 3.63) is 70.2 Å². The zero-order valence-corrected chi connectivity index (χ0v) is 16.1. The van der Waals surface area contributed by atoms with E-state index in [-0.39, 0.29) is 24.2 Å². The molecule has 2 aromatic carbocycles. The molecule has 3 amide bonds. The first-order chi connectivity index (χ1) is 13.4. The summed E-state index contributed by atoms with van der Waals surface area (Å²) in [5.41, 5.74) is 1.62. The van der Waals surface area contributed by atoms with Gasteiger partial charge in [-0.05, 0) is 37.6 Å². The summed E-state index contributed by atoms with van der Waals surface area (Å²) in [6.07, 6.45) is 0.729. The lowest BCUT2D eigenvalue weighted by molar-refractivity contribution is -0.162. The SMILES string of the molecule is Cc1ccc(C(=O)CN(C(=O)c2ccc(Cl)cc2)N2C(=O)CCCC2=O)cc1. The molecule has 3 rings (SSSR count). The van der Waals surface area contributed by atoms with Crippen LogP contribution in [0, 0.1) is 6.92 Å². The lowest BCUT2D eigenvalue weighted by Gasteiger charge is -2.35. The molecular weight excluding hydrogens is 380 g/mol. The van der Waals surface area contributed by atoms with Crippen LogP contribution in [-0.2, 0) is 9.59 Å². The maximum absolute atomic E-state index is 13.1. The van der Waals surface area contributed by atoms with Crippen molar-refractivity contribution in [3.8, 4) is 0 Å². The lowest BCUT2D eigenvalue weighted by Crippen LogP contribution is -2.56. The van der Waals surface area contributed by atoms with Crippen LogP contribution in [0.5, 0.6) is 0 Å². The summed E-state index contributed by atoms with van der Waals surface area (Å²) >= 11 is 5.87. The van der Waals surface area contributed by atoms with Gasteiger partial charge >= 0.3 is 0 Å². The first-order valence-electron chi connectivity index (χ1n) is 8.90. The molecule has 0 spiro atoms. The van der Waals surface area contributed by atoms with Crippen LogP contribution < -0.4 is 0 Å². The maximum Gasteiger partial charge on any atom is 0.273 e. The molecule has 0 bridgehead atoms. The van der Waals surface area contributed by atoms with Gasteiger partial charge in [-0.25, -0.2) is 5.01 Å². The highest BCUT2D eigenvalue weighted by Crippen LogP contribution is 2.19. The molecule has 0 unspecified atom stereocenters. The first-order valence-corrected chi connectivity index (χ1v) is 9.27. The molecule has 0 radical (unpaired) electrons. The topological polar surface area (TPSA) is 74.8 Å². The van der Waals surface area contributed by atoms with Gasteiger partial charge in [-0.2, -0.15) is 5.01 Å². The molecule has 28 heavy (non-hydrogen) atoms. The van der Waals surface area contributed by atoms with Crippen molar-refractivity contribution in [2.75, 3.05) is 6.54 Å². The summed E-state index contributed by atoms with van der Waals surface area (Å²) < 4.78 is 0. The van der Waals surface area contributed by atoms with Crippen molar-refractivity contribution in [1.82, 2.24) is 10.0 Å². The van der Waals surface area contributed by atoms with Gasteiger partial charge in [0, 0.05) is 29.0 Å². The Balaban J connectivity index is 1.93. The number of hydrogen-bond acceptors (Lipinski definition) is 4. The van der Waals surface area contributed by atoms with Gasteiger partial charge in [-0.1, -0.05) is 41.4 Å². The second-order valence-corrected chi connectivity index (χ2v) is 7.05. The number of rotatable bonds is 5. The van der Waals surface area contributed by atoms with Gasteiger partial charge in [0.25, 0.3) is 5.91 Å². The molecule has 0 saturated carbocycles. The molecule has 7 heteroatoms. The van der Waals surface area contributed by atoms with Crippen LogP contribution in [-0.4, -0.2) is 40.1 Å². The number of carbonyl (C=O) groups excluding carboxylic acids is 4. The minimum absolute atomic E-state index is 0.148. The predicted molar refractivity (Wildman–Crippen MR) is 104 cm³/mol. The average molecular weight is 399 g/mol. The Labute approximate surface area is 167 Å². The normalized spacial score (nSPS) is 14.1. The van der Waals surface area contributed by atoms with Gasteiger partial charge < -0.3 is 0 Å². The second-order valence-electron chi connectivity index (χ2n) is 6.61. The van der Waals surface area contributed by atoms with Crippen molar-refractivity contribution in [2.45, 2.75) is 26.2 Å². The minimum atomic E-state index is -0.610. The highest BCUT2D eigenvalue weighted by atomic mass is 35.5. The van der Waals surface area contributed by atoms with Crippen LogP contribution in [0.2, 0.25) is 5.02 Å². The molecule has 6 nitrogen and oxygen atoms in total. The van der Waals surface area contributed by atoms with Gasteiger partial charge in [-0.15, -0.1) is 0 Å². The Morgan fingerprint density at radius 2 is 1.46 bits per heavy atom. The molecule has 1 aliphatic rings. The molecule has 0 aliphatic carbocycles. The smallest absolute Gasteiger partial charge is 0.273 e. The van der Waals surface area contributed by atoms with Crippen LogP contribution >= 0.6 is 11.6 Å². The monoisotopic (exact) mass is 398 g/mol. The largest absolute Gasteiger partial charge is 0.292 e. The van der Waals surface area contributed by atoms with Gasteiger partial charge in [-0.3, -0.25) is 19.2 Å². The van der Waals surface area contributed by atoms with Crippen molar-refractivity contribution in [1.29, 1.82) is 0 Å². The van der Waals surface area contributed by atoms with Crippen LogP contribution in [0.15, 0.2) is 48.5 Å². The summed E-state index contributed by atoms with van der Waals surface area (Å²) in [6, 6.07) is 12.9. The van der Waals surface area contributed by atoms with E-state index in [0.29, 0.717) is 17.0 Å². The predicted octanol–water partition coefficient (Wildman–Crippen LogP) is 3.43. The van der Waals surface area contributed by atoms with E-state index in [1.165, 1.54) is 24.3 Å². The quantitative estimate of drug-likeness (QED) is 0.571. The maximum atomic E-state index is 13.1. The number of halogens is 1. The molecule has 1 saturated heterocycles. The number of ketones is 1. The third-order valence-corrected chi connectivity index (χ3v) is 4.74. The molecule has 1 heterocycles. The number of piperidine rings is 1. The van der Waals surface area contributed by atoms with E-state index in [4.69, 9.17) is 11.6 Å². The number of hydrogen-bond donors (Lipinski definition) is 0. The number of amides is 3. The zero-order valence-electron chi connectivity index (χ0n) is 15.4. The molecule has 2 aromatic rings. The molecule has 0 N–H and O–H groups in total. The summed E-state index contributed by atoms with van der Waals surface area (Å²) in [4.78, 5) is 50.6. The van der Waals surface area contributed by atoms with E-state index in [1.807, 2.05) is 6.92 Å². The van der Waals surface area contributed by atoms with E-state index in [2.05, 4.69) is 0 Å². The van der Waals surface area contributed by atoms with Crippen LogP contribution in [0.3, 0.4) is 0 Å². The summed E-state index contributed by atoms with van der Waals surface area (Å²) in [7, 11) is 0. The fraction of sp³-hybridized carbons (Fsp3) is 0.238. The first kappa shape index (κ1) is 19.8. The van der Waals surface area contributed by atoms with E-state index in [1.54, 1.807) is 24.3 Å². The third-order valence-electron chi connectivity index (χ3n) is 4.49. The summed E-state index contributed by atoms with van der Waals surface area (Å²) in [5.74, 6) is -1.96. The van der Waals surface area contributed by atoms with Crippen molar-refractivity contribution >= 4 is 35.1 Å². The number of carbonyl (C=O) groups is 4. The molecule has 1 fully saturated rings. The number of Topliss-reactive ketones (excluding diaryl/α,β-unsaturated/α-hetero) is 1. The van der Waals surface area contributed by atoms with Crippen LogP contribution in [0.4, 0.5) is 0 Å². The van der Waals surface area contributed by atoms with E-state index in [9.17, 15) is 19.2 Å². The van der Waals surface area contributed by atoms with Crippen molar-refractivity contribution < 1.29 is 19.2 Å². The van der Waals surface area contributed by atoms with Gasteiger partial charge in [0.2, 0.25) is 11.8 Å². The molecule has 0 aromatic heterocycles. The third kappa shape index (κ3) is 4.28.